The molecule has 1 amide bonds. The van der Waals surface area contributed by atoms with E-state index in [0.29, 0.717) is 19.5 Å². The fourth-order valence-corrected chi connectivity index (χ4v) is 0.740. The zero-order valence-corrected chi connectivity index (χ0v) is 7.52. The van der Waals surface area contributed by atoms with Crippen molar-refractivity contribution < 1.29 is 4.79 Å². The summed E-state index contributed by atoms with van der Waals surface area (Å²) in [7, 11) is 0. The van der Waals surface area contributed by atoms with Gasteiger partial charge in [-0.15, -0.1) is 11.8 Å². The average molecular weight is 168 g/mol. The van der Waals surface area contributed by atoms with Crippen LogP contribution in [0.5, 0.6) is 0 Å². The molecule has 0 radical (unpaired) electrons. The summed E-state index contributed by atoms with van der Waals surface area (Å²) >= 11 is 0. The van der Waals surface area contributed by atoms with Gasteiger partial charge in [0.15, 0.2) is 0 Å². The van der Waals surface area contributed by atoms with Crippen LogP contribution in [0.1, 0.15) is 26.2 Å². The van der Waals surface area contributed by atoms with Gasteiger partial charge in [-0.2, -0.15) is 0 Å². The van der Waals surface area contributed by atoms with Gasteiger partial charge in [0.1, 0.15) is 0 Å². The summed E-state index contributed by atoms with van der Waals surface area (Å²) < 4.78 is 0. The minimum atomic E-state index is 0.0679. The van der Waals surface area contributed by atoms with Gasteiger partial charge in [0, 0.05) is 19.4 Å². The van der Waals surface area contributed by atoms with Gasteiger partial charge in [-0.3, -0.25) is 4.79 Å². The average Bonchev–Trinajstić information content (AvgIpc) is 2.09. The second-order valence-electron chi connectivity index (χ2n) is 2.42. The van der Waals surface area contributed by atoms with E-state index in [4.69, 9.17) is 5.73 Å². The van der Waals surface area contributed by atoms with Gasteiger partial charge >= 0.3 is 0 Å². The van der Waals surface area contributed by atoms with Crippen LogP contribution in [0, 0.1) is 11.8 Å². The van der Waals surface area contributed by atoms with Gasteiger partial charge in [0.25, 0.3) is 0 Å². The van der Waals surface area contributed by atoms with Crippen molar-refractivity contribution in [2.75, 3.05) is 13.1 Å². The first-order chi connectivity index (χ1) is 5.81. The first-order valence-electron chi connectivity index (χ1n) is 4.17. The third-order valence-electron chi connectivity index (χ3n) is 1.36. The maximum Gasteiger partial charge on any atom is 0.220 e. The standard InChI is InChI=1S/C9H16N2O/c1-2-3-4-8-11-9(12)6-5-7-10/h4-8,10H2,1H3,(H,11,12). The zero-order valence-electron chi connectivity index (χ0n) is 7.52. The highest BCUT2D eigenvalue weighted by molar-refractivity contribution is 5.75. The summed E-state index contributed by atoms with van der Waals surface area (Å²) in [4.78, 5) is 11.0. The van der Waals surface area contributed by atoms with E-state index in [9.17, 15) is 4.79 Å². The van der Waals surface area contributed by atoms with Crippen molar-refractivity contribution in [1.82, 2.24) is 5.32 Å². The maximum absolute atomic E-state index is 11.0. The van der Waals surface area contributed by atoms with E-state index in [2.05, 4.69) is 17.2 Å². The lowest BCUT2D eigenvalue weighted by molar-refractivity contribution is -0.121. The fourth-order valence-electron chi connectivity index (χ4n) is 0.740. The summed E-state index contributed by atoms with van der Waals surface area (Å²) in [5.74, 6) is 5.70. The van der Waals surface area contributed by atoms with Crippen molar-refractivity contribution in [1.29, 1.82) is 0 Å². The molecule has 0 spiro atoms. The number of hydrogen-bond donors (Lipinski definition) is 2. The van der Waals surface area contributed by atoms with Crippen LogP contribution in [0.2, 0.25) is 0 Å². The van der Waals surface area contributed by atoms with Crippen molar-refractivity contribution in [3.63, 3.8) is 0 Å². The lowest BCUT2D eigenvalue weighted by Gasteiger charge is -2.00. The van der Waals surface area contributed by atoms with Crippen LogP contribution >= 0.6 is 0 Å². The highest BCUT2D eigenvalue weighted by Crippen LogP contribution is 1.85. The molecule has 3 nitrogen and oxygen atoms in total. The largest absolute Gasteiger partial charge is 0.355 e. The molecule has 12 heavy (non-hydrogen) atoms. The summed E-state index contributed by atoms with van der Waals surface area (Å²) in [5, 5.41) is 2.76. The van der Waals surface area contributed by atoms with E-state index < -0.39 is 0 Å². The number of rotatable bonds is 5. The minimum absolute atomic E-state index is 0.0679. The second kappa shape index (κ2) is 8.09. The van der Waals surface area contributed by atoms with Crippen molar-refractivity contribution in [2.45, 2.75) is 26.2 Å². The lowest BCUT2D eigenvalue weighted by atomic mass is 10.3. The number of nitrogens with two attached hydrogens (primary N) is 1. The fraction of sp³-hybridized carbons (Fsp3) is 0.667. The Morgan fingerprint density at radius 3 is 2.92 bits per heavy atom. The van der Waals surface area contributed by atoms with Crippen LogP contribution in [0.15, 0.2) is 0 Å². The SMILES string of the molecule is CC#CCCNC(=O)CCCN. The van der Waals surface area contributed by atoms with E-state index in [0.717, 1.165) is 12.8 Å². The molecular formula is C9H16N2O. The Morgan fingerprint density at radius 1 is 1.58 bits per heavy atom. The number of hydrogen-bond acceptors (Lipinski definition) is 2. The van der Waals surface area contributed by atoms with Gasteiger partial charge in [-0.1, -0.05) is 0 Å². The predicted octanol–water partition coefficient (Wildman–Crippen LogP) is 0.255. The third kappa shape index (κ3) is 7.10. The van der Waals surface area contributed by atoms with E-state index in [1.54, 1.807) is 6.92 Å². The summed E-state index contributed by atoms with van der Waals surface area (Å²) in [5.41, 5.74) is 5.25. The molecular weight excluding hydrogens is 152 g/mol. The summed E-state index contributed by atoms with van der Waals surface area (Å²) in [6.45, 7) is 3.00. The van der Waals surface area contributed by atoms with Crippen molar-refractivity contribution in [2.24, 2.45) is 5.73 Å². The maximum atomic E-state index is 11.0. The number of carbonyl (C=O) groups is 1. The molecule has 0 aliphatic rings. The first kappa shape index (κ1) is 11.0. The quantitative estimate of drug-likeness (QED) is 0.457. The number of amides is 1. The Labute approximate surface area is 73.7 Å². The Balaban J connectivity index is 3.23. The molecule has 3 heteroatoms. The molecule has 0 aliphatic carbocycles. The molecule has 0 fully saturated rings. The van der Waals surface area contributed by atoms with E-state index in [-0.39, 0.29) is 5.91 Å². The monoisotopic (exact) mass is 168 g/mol. The number of carbonyl (C=O) groups excluding carboxylic acids is 1. The molecule has 0 rings (SSSR count). The molecule has 0 saturated carbocycles. The van der Waals surface area contributed by atoms with Crippen molar-refractivity contribution in [3.8, 4) is 11.8 Å². The zero-order chi connectivity index (χ0) is 9.23. The van der Waals surface area contributed by atoms with Crippen molar-refractivity contribution >= 4 is 5.91 Å². The highest BCUT2D eigenvalue weighted by atomic mass is 16.1. The van der Waals surface area contributed by atoms with E-state index in [1.165, 1.54) is 0 Å². The molecule has 0 aromatic rings. The van der Waals surface area contributed by atoms with Crippen LogP contribution in [0.4, 0.5) is 0 Å². The third-order valence-corrected chi connectivity index (χ3v) is 1.36. The molecule has 0 atom stereocenters. The Hall–Kier alpha value is -1.01. The molecule has 0 unspecified atom stereocenters. The summed E-state index contributed by atoms with van der Waals surface area (Å²) in [6, 6.07) is 0. The molecule has 0 aliphatic heterocycles. The summed E-state index contributed by atoms with van der Waals surface area (Å²) in [6.07, 6.45) is 2.01. The highest BCUT2D eigenvalue weighted by Gasteiger charge is 1.96. The van der Waals surface area contributed by atoms with Gasteiger partial charge in [0.05, 0.1) is 0 Å². The van der Waals surface area contributed by atoms with Gasteiger partial charge in [-0.25, -0.2) is 0 Å². The normalized spacial score (nSPS) is 8.50. The van der Waals surface area contributed by atoms with Gasteiger partial charge < -0.3 is 11.1 Å². The molecule has 0 saturated heterocycles. The Kier molecular flexibility index (Phi) is 7.41. The molecule has 0 aromatic carbocycles. The molecule has 0 heterocycles. The van der Waals surface area contributed by atoms with Crippen LogP contribution in [-0.2, 0) is 4.79 Å². The topological polar surface area (TPSA) is 55.1 Å². The second-order valence-corrected chi connectivity index (χ2v) is 2.42. The Bertz CT molecular complexity index is 179. The lowest BCUT2D eigenvalue weighted by Crippen LogP contribution is -2.24. The molecule has 0 bridgehead atoms. The van der Waals surface area contributed by atoms with E-state index >= 15 is 0 Å². The first-order valence-corrected chi connectivity index (χ1v) is 4.17. The smallest absolute Gasteiger partial charge is 0.220 e. The minimum Gasteiger partial charge on any atom is -0.355 e. The van der Waals surface area contributed by atoms with Crippen LogP contribution in [0.25, 0.3) is 0 Å². The molecule has 68 valence electrons. The van der Waals surface area contributed by atoms with E-state index in [1.807, 2.05) is 0 Å². The van der Waals surface area contributed by atoms with Gasteiger partial charge in [0.2, 0.25) is 5.91 Å². The van der Waals surface area contributed by atoms with Crippen LogP contribution < -0.4 is 11.1 Å². The molecule has 0 aromatic heterocycles. The predicted molar refractivity (Wildman–Crippen MR) is 49.4 cm³/mol. The van der Waals surface area contributed by atoms with Crippen LogP contribution in [0.3, 0.4) is 0 Å². The Morgan fingerprint density at radius 2 is 2.33 bits per heavy atom. The van der Waals surface area contributed by atoms with Crippen LogP contribution in [-0.4, -0.2) is 19.0 Å². The van der Waals surface area contributed by atoms with Gasteiger partial charge in [-0.05, 0) is 19.9 Å². The molecule has 3 N–H and O–H groups in total. The van der Waals surface area contributed by atoms with Crippen molar-refractivity contribution in [3.05, 3.63) is 0 Å². The number of nitrogens with one attached hydrogen (secondary N) is 1.